The Balaban J connectivity index is 2.82. The summed E-state index contributed by atoms with van der Waals surface area (Å²) in [4.78, 5) is 0. The second-order valence-corrected chi connectivity index (χ2v) is 4.09. The Bertz CT molecular complexity index is 272. The highest BCUT2D eigenvalue weighted by Crippen LogP contribution is 2.23. The summed E-state index contributed by atoms with van der Waals surface area (Å²) >= 11 is -1.75. The van der Waals surface area contributed by atoms with Crippen LogP contribution >= 0.6 is 0 Å². The fourth-order valence-corrected chi connectivity index (χ4v) is 2.14. The summed E-state index contributed by atoms with van der Waals surface area (Å²) in [7, 11) is 0. The summed E-state index contributed by atoms with van der Waals surface area (Å²) in [6.45, 7) is 2.02. The average molecular weight is 198 g/mol. The molecule has 1 N–H and O–H groups in total. The first-order valence-corrected chi connectivity index (χ1v) is 5.57. The van der Waals surface area contributed by atoms with E-state index in [1.165, 1.54) is 0 Å². The molecule has 0 fully saturated rings. The summed E-state index contributed by atoms with van der Waals surface area (Å²) in [6, 6.07) is 9.49. The van der Waals surface area contributed by atoms with Crippen molar-refractivity contribution in [2.75, 3.05) is 0 Å². The van der Waals surface area contributed by atoms with Crippen LogP contribution in [0.1, 0.15) is 30.6 Å². The van der Waals surface area contributed by atoms with Crippen LogP contribution in [-0.2, 0) is 11.1 Å². The van der Waals surface area contributed by atoms with Crippen LogP contribution in [0.15, 0.2) is 30.3 Å². The Morgan fingerprint density at radius 2 is 2.00 bits per heavy atom. The topological polar surface area (TPSA) is 37.3 Å². The van der Waals surface area contributed by atoms with Crippen molar-refractivity contribution in [2.24, 2.45) is 0 Å². The molecule has 0 saturated carbocycles. The van der Waals surface area contributed by atoms with Crippen molar-refractivity contribution in [3.05, 3.63) is 35.9 Å². The van der Waals surface area contributed by atoms with Crippen LogP contribution in [-0.4, -0.2) is 8.76 Å². The Labute approximate surface area is 81.3 Å². The summed E-state index contributed by atoms with van der Waals surface area (Å²) < 4.78 is 20.1. The van der Waals surface area contributed by atoms with Crippen molar-refractivity contribution in [2.45, 2.75) is 25.0 Å². The SMILES string of the molecule is CCCC(c1ccccc1)S(=O)O. The summed E-state index contributed by atoms with van der Waals surface area (Å²) in [6.07, 6.45) is 1.68. The van der Waals surface area contributed by atoms with Gasteiger partial charge in [0.15, 0.2) is 11.1 Å². The van der Waals surface area contributed by atoms with Crippen molar-refractivity contribution in [1.82, 2.24) is 0 Å². The normalized spacial score (nSPS) is 15.2. The lowest BCUT2D eigenvalue weighted by Gasteiger charge is -2.11. The number of benzene rings is 1. The summed E-state index contributed by atoms with van der Waals surface area (Å²) in [5.41, 5.74) is 0.949. The first kappa shape index (κ1) is 10.4. The van der Waals surface area contributed by atoms with E-state index in [4.69, 9.17) is 4.55 Å². The largest absolute Gasteiger partial charge is 0.306 e. The zero-order valence-corrected chi connectivity index (χ0v) is 8.46. The molecule has 3 heteroatoms. The summed E-state index contributed by atoms with van der Waals surface area (Å²) in [5, 5.41) is -0.230. The quantitative estimate of drug-likeness (QED) is 0.755. The van der Waals surface area contributed by atoms with Gasteiger partial charge < -0.3 is 4.55 Å². The second-order valence-electron chi connectivity index (χ2n) is 2.96. The molecule has 13 heavy (non-hydrogen) atoms. The number of rotatable bonds is 4. The van der Waals surface area contributed by atoms with Crippen LogP contribution in [0.25, 0.3) is 0 Å². The maximum atomic E-state index is 11.0. The predicted molar refractivity (Wildman–Crippen MR) is 54.9 cm³/mol. The molecule has 0 aromatic heterocycles. The highest BCUT2D eigenvalue weighted by molar-refractivity contribution is 7.79. The van der Waals surface area contributed by atoms with Crippen molar-refractivity contribution in [3.63, 3.8) is 0 Å². The van der Waals surface area contributed by atoms with E-state index in [9.17, 15) is 4.21 Å². The molecule has 1 aromatic carbocycles. The lowest BCUT2D eigenvalue weighted by molar-refractivity contribution is 0.542. The van der Waals surface area contributed by atoms with Crippen molar-refractivity contribution in [1.29, 1.82) is 0 Å². The van der Waals surface area contributed by atoms with Gasteiger partial charge in [-0.2, -0.15) is 0 Å². The standard InChI is InChI=1S/C10H14O2S/c1-2-6-10(13(11)12)9-7-4-3-5-8-9/h3-5,7-8,10H,2,6H2,1H3,(H,11,12). The van der Waals surface area contributed by atoms with E-state index >= 15 is 0 Å². The zero-order chi connectivity index (χ0) is 9.68. The minimum absolute atomic E-state index is 0.230. The first-order chi connectivity index (χ1) is 6.25. The van der Waals surface area contributed by atoms with Crippen molar-refractivity contribution < 1.29 is 8.76 Å². The van der Waals surface area contributed by atoms with Crippen LogP contribution in [0.5, 0.6) is 0 Å². The second kappa shape index (κ2) is 5.14. The molecule has 0 radical (unpaired) electrons. The third-order valence-electron chi connectivity index (χ3n) is 1.97. The van der Waals surface area contributed by atoms with Gasteiger partial charge in [-0.1, -0.05) is 43.7 Å². The third kappa shape index (κ3) is 2.94. The molecule has 0 saturated heterocycles. The smallest absolute Gasteiger partial charge is 0.160 e. The highest BCUT2D eigenvalue weighted by Gasteiger charge is 2.15. The molecule has 0 aliphatic carbocycles. The number of hydrogen-bond donors (Lipinski definition) is 1. The van der Waals surface area contributed by atoms with Crippen LogP contribution < -0.4 is 0 Å². The minimum atomic E-state index is -1.75. The van der Waals surface area contributed by atoms with Gasteiger partial charge in [0.2, 0.25) is 0 Å². The predicted octanol–water partition coefficient (Wildman–Crippen LogP) is 2.75. The monoisotopic (exact) mass is 198 g/mol. The van der Waals surface area contributed by atoms with Gasteiger partial charge in [-0.05, 0) is 12.0 Å². The lowest BCUT2D eigenvalue weighted by Crippen LogP contribution is -2.04. The van der Waals surface area contributed by atoms with Crippen LogP contribution in [0, 0.1) is 0 Å². The fraction of sp³-hybridized carbons (Fsp3) is 0.400. The van der Waals surface area contributed by atoms with E-state index in [-0.39, 0.29) is 5.25 Å². The Kier molecular flexibility index (Phi) is 4.12. The van der Waals surface area contributed by atoms with Gasteiger partial charge >= 0.3 is 0 Å². The molecule has 0 spiro atoms. The van der Waals surface area contributed by atoms with Crippen LogP contribution in [0.4, 0.5) is 0 Å². The molecular weight excluding hydrogens is 184 g/mol. The van der Waals surface area contributed by atoms with Crippen LogP contribution in [0.3, 0.4) is 0 Å². The van der Waals surface area contributed by atoms with Crippen molar-refractivity contribution >= 4 is 11.1 Å². The lowest BCUT2D eigenvalue weighted by atomic mass is 10.1. The van der Waals surface area contributed by atoms with Gasteiger partial charge in [0.1, 0.15) is 0 Å². The molecule has 72 valence electrons. The first-order valence-electron chi connectivity index (χ1n) is 4.40. The van der Waals surface area contributed by atoms with E-state index in [0.717, 1.165) is 18.4 Å². The molecule has 0 heterocycles. The van der Waals surface area contributed by atoms with E-state index < -0.39 is 11.1 Å². The van der Waals surface area contributed by atoms with Gasteiger partial charge in [-0.3, -0.25) is 0 Å². The highest BCUT2D eigenvalue weighted by atomic mass is 32.2. The van der Waals surface area contributed by atoms with Gasteiger partial charge in [-0.25, -0.2) is 4.21 Å². The molecule has 0 aliphatic heterocycles. The molecule has 2 unspecified atom stereocenters. The average Bonchev–Trinajstić information content (AvgIpc) is 2.15. The molecule has 0 bridgehead atoms. The van der Waals surface area contributed by atoms with Crippen LogP contribution in [0.2, 0.25) is 0 Å². The van der Waals surface area contributed by atoms with Gasteiger partial charge in [0.25, 0.3) is 0 Å². The number of hydrogen-bond acceptors (Lipinski definition) is 1. The van der Waals surface area contributed by atoms with E-state index in [0.29, 0.717) is 0 Å². The maximum Gasteiger partial charge on any atom is 0.160 e. The Morgan fingerprint density at radius 1 is 1.38 bits per heavy atom. The molecule has 2 atom stereocenters. The zero-order valence-electron chi connectivity index (χ0n) is 7.64. The van der Waals surface area contributed by atoms with Crippen molar-refractivity contribution in [3.8, 4) is 0 Å². The maximum absolute atomic E-state index is 11.0. The van der Waals surface area contributed by atoms with E-state index in [1.807, 2.05) is 37.3 Å². The molecule has 1 aromatic rings. The summed E-state index contributed by atoms with van der Waals surface area (Å²) in [5.74, 6) is 0. The fourth-order valence-electron chi connectivity index (χ4n) is 1.31. The van der Waals surface area contributed by atoms with E-state index in [2.05, 4.69) is 0 Å². The third-order valence-corrected chi connectivity index (χ3v) is 2.96. The molecule has 0 amide bonds. The van der Waals surface area contributed by atoms with Gasteiger partial charge in [0, 0.05) is 0 Å². The van der Waals surface area contributed by atoms with Gasteiger partial charge in [0.05, 0.1) is 5.25 Å². The molecule has 2 nitrogen and oxygen atoms in total. The molecule has 0 aliphatic rings. The molecular formula is C10H14O2S. The minimum Gasteiger partial charge on any atom is -0.306 e. The van der Waals surface area contributed by atoms with E-state index in [1.54, 1.807) is 0 Å². The molecule has 1 rings (SSSR count). The van der Waals surface area contributed by atoms with Gasteiger partial charge in [-0.15, -0.1) is 0 Å². The Morgan fingerprint density at radius 3 is 2.46 bits per heavy atom. The Hall–Kier alpha value is -0.670.